The summed E-state index contributed by atoms with van der Waals surface area (Å²) in [7, 11) is 0. The summed E-state index contributed by atoms with van der Waals surface area (Å²) in [5.41, 5.74) is 1.26. The van der Waals surface area contributed by atoms with Crippen LogP contribution in [0.3, 0.4) is 0 Å². The smallest absolute Gasteiger partial charge is 0.231 e. The van der Waals surface area contributed by atoms with Gasteiger partial charge in [0.15, 0.2) is 11.5 Å². The number of ether oxygens (including phenoxy) is 2. The molecule has 4 nitrogen and oxygen atoms in total. The van der Waals surface area contributed by atoms with Crippen molar-refractivity contribution < 1.29 is 9.47 Å². The Labute approximate surface area is 113 Å². The summed E-state index contributed by atoms with van der Waals surface area (Å²) in [6.07, 6.45) is 5.24. The molecule has 0 spiro atoms. The fourth-order valence-corrected chi connectivity index (χ4v) is 2.97. The molecule has 0 radical (unpaired) electrons. The van der Waals surface area contributed by atoms with Gasteiger partial charge in [0.25, 0.3) is 0 Å². The Morgan fingerprint density at radius 3 is 2.47 bits per heavy atom. The van der Waals surface area contributed by atoms with Crippen molar-refractivity contribution in [3.8, 4) is 11.5 Å². The van der Waals surface area contributed by atoms with Crippen LogP contribution in [0.25, 0.3) is 0 Å². The van der Waals surface area contributed by atoms with Crippen molar-refractivity contribution in [3.05, 3.63) is 18.2 Å². The van der Waals surface area contributed by atoms with Gasteiger partial charge in [0.1, 0.15) is 0 Å². The van der Waals surface area contributed by atoms with Gasteiger partial charge in [0.2, 0.25) is 6.79 Å². The normalized spacial score (nSPS) is 22.8. The van der Waals surface area contributed by atoms with E-state index in [1.807, 2.05) is 6.07 Å². The molecule has 0 bridgehead atoms. The lowest BCUT2D eigenvalue weighted by molar-refractivity contribution is 0.174. The van der Waals surface area contributed by atoms with Gasteiger partial charge in [0.05, 0.1) is 0 Å². The quantitative estimate of drug-likeness (QED) is 0.902. The second-order valence-electron chi connectivity index (χ2n) is 5.74. The van der Waals surface area contributed by atoms with Crippen LogP contribution in [0, 0.1) is 0 Å². The highest BCUT2D eigenvalue weighted by atomic mass is 16.7. The number of piperidine rings is 1. The molecular formula is C15H20N2O2. The lowest BCUT2D eigenvalue weighted by Crippen LogP contribution is -2.43. The van der Waals surface area contributed by atoms with Crippen LogP contribution < -0.4 is 19.7 Å². The number of hydrogen-bond donors (Lipinski definition) is 1. The molecule has 0 amide bonds. The van der Waals surface area contributed by atoms with Gasteiger partial charge < -0.3 is 19.7 Å². The highest BCUT2D eigenvalue weighted by Gasteiger charge is 2.27. The van der Waals surface area contributed by atoms with Crippen LogP contribution in [-0.4, -0.2) is 32.0 Å². The minimum Gasteiger partial charge on any atom is -0.454 e. The minimum absolute atomic E-state index is 0.353. The summed E-state index contributed by atoms with van der Waals surface area (Å²) in [6, 6.07) is 7.81. The largest absolute Gasteiger partial charge is 0.454 e. The van der Waals surface area contributed by atoms with Gasteiger partial charge >= 0.3 is 0 Å². The third kappa shape index (κ3) is 2.37. The van der Waals surface area contributed by atoms with Crippen molar-refractivity contribution in [2.75, 3.05) is 24.8 Å². The third-order valence-electron chi connectivity index (χ3n) is 4.27. The average Bonchev–Trinajstić information content (AvgIpc) is 3.14. The minimum atomic E-state index is 0.353. The molecule has 3 aliphatic rings. The number of nitrogens with zero attached hydrogens (tertiary/aromatic N) is 1. The zero-order valence-electron chi connectivity index (χ0n) is 11.1. The van der Waals surface area contributed by atoms with Crippen molar-refractivity contribution >= 4 is 5.69 Å². The first-order valence-corrected chi connectivity index (χ1v) is 7.29. The van der Waals surface area contributed by atoms with Gasteiger partial charge in [-0.05, 0) is 37.8 Å². The van der Waals surface area contributed by atoms with Gasteiger partial charge in [-0.3, -0.25) is 0 Å². The molecule has 2 aliphatic heterocycles. The molecule has 2 fully saturated rings. The molecule has 0 atom stereocenters. The monoisotopic (exact) mass is 260 g/mol. The molecule has 1 aliphatic carbocycles. The van der Waals surface area contributed by atoms with E-state index in [0.29, 0.717) is 6.79 Å². The van der Waals surface area contributed by atoms with Crippen LogP contribution in [0.4, 0.5) is 5.69 Å². The summed E-state index contributed by atoms with van der Waals surface area (Å²) in [5.74, 6) is 1.75. The van der Waals surface area contributed by atoms with Crippen molar-refractivity contribution in [1.82, 2.24) is 5.32 Å². The van der Waals surface area contributed by atoms with Crippen LogP contribution in [0.1, 0.15) is 25.7 Å². The van der Waals surface area contributed by atoms with E-state index in [1.54, 1.807) is 0 Å². The zero-order chi connectivity index (χ0) is 12.7. The molecule has 19 heavy (non-hydrogen) atoms. The fourth-order valence-electron chi connectivity index (χ4n) is 2.97. The molecule has 1 aromatic rings. The number of nitrogens with one attached hydrogen (secondary N) is 1. The first kappa shape index (κ1) is 11.4. The second kappa shape index (κ2) is 4.60. The van der Waals surface area contributed by atoms with Crippen molar-refractivity contribution in [2.45, 2.75) is 37.8 Å². The SMILES string of the molecule is c1cc2c(cc1N1CCC(NC3CC3)CC1)OCO2. The van der Waals surface area contributed by atoms with E-state index in [9.17, 15) is 0 Å². The van der Waals surface area contributed by atoms with E-state index in [0.717, 1.165) is 36.7 Å². The number of fused-ring (bicyclic) bond motifs is 1. The molecule has 0 unspecified atom stereocenters. The van der Waals surface area contributed by atoms with Crippen molar-refractivity contribution in [3.63, 3.8) is 0 Å². The van der Waals surface area contributed by atoms with E-state index < -0.39 is 0 Å². The average molecular weight is 260 g/mol. The third-order valence-corrected chi connectivity index (χ3v) is 4.27. The maximum Gasteiger partial charge on any atom is 0.231 e. The molecule has 1 N–H and O–H groups in total. The lowest BCUT2D eigenvalue weighted by Gasteiger charge is -2.34. The van der Waals surface area contributed by atoms with Gasteiger partial charge in [-0.15, -0.1) is 0 Å². The highest BCUT2D eigenvalue weighted by molar-refractivity contribution is 5.57. The summed E-state index contributed by atoms with van der Waals surface area (Å²) >= 11 is 0. The Morgan fingerprint density at radius 2 is 1.68 bits per heavy atom. The molecule has 4 rings (SSSR count). The standard InChI is InChI=1S/C15H20N2O2/c1-2-11(1)16-12-5-7-17(8-6-12)13-3-4-14-15(9-13)19-10-18-14/h3-4,9,11-12,16H,1-2,5-8,10H2. The van der Waals surface area contributed by atoms with E-state index in [1.165, 1.54) is 31.4 Å². The van der Waals surface area contributed by atoms with Crippen LogP contribution in [0.2, 0.25) is 0 Å². The number of rotatable bonds is 3. The summed E-state index contributed by atoms with van der Waals surface area (Å²) in [5, 5.41) is 3.74. The van der Waals surface area contributed by atoms with Crippen LogP contribution in [0.15, 0.2) is 18.2 Å². The Kier molecular flexibility index (Phi) is 2.76. The first-order valence-electron chi connectivity index (χ1n) is 7.29. The van der Waals surface area contributed by atoms with Crippen LogP contribution in [0.5, 0.6) is 11.5 Å². The lowest BCUT2D eigenvalue weighted by atomic mass is 10.0. The Morgan fingerprint density at radius 1 is 0.947 bits per heavy atom. The number of benzene rings is 1. The number of anilines is 1. The first-order chi connectivity index (χ1) is 9.38. The van der Waals surface area contributed by atoms with E-state index >= 15 is 0 Å². The molecule has 1 saturated heterocycles. The molecule has 2 heterocycles. The predicted octanol–water partition coefficient (Wildman–Crippen LogP) is 2.14. The van der Waals surface area contributed by atoms with Crippen molar-refractivity contribution in [1.29, 1.82) is 0 Å². The Bertz CT molecular complexity index is 465. The molecule has 4 heteroatoms. The molecule has 0 aromatic heterocycles. The van der Waals surface area contributed by atoms with Crippen LogP contribution >= 0.6 is 0 Å². The maximum atomic E-state index is 5.45. The van der Waals surface area contributed by atoms with Gasteiger partial charge in [-0.1, -0.05) is 0 Å². The van der Waals surface area contributed by atoms with E-state index in [2.05, 4.69) is 22.3 Å². The van der Waals surface area contributed by atoms with Crippen molar-refractivity contribution in [2.24, 2.45) is 0 Å². The van der Waals surface area contributed by atoms with Gasteiger partial charge in [0, 0.05) is 36.9 Å². The molecule has 1 saturated carbocycles. The number of hydrogen-bond acceptors (Lipinski definition) is 4. The summed E-state index contributed by atoms with van der Waals surface area (Å²) in [4.78, 5) is 2.45. The molecule has 1 aromatic carbocycles. The maximum absolute atomic E-state index is 5.45. The van der Waals surface area contributed by atoms with Crippen LogP contribution in [-0.2, 0) is 0 Å². The Hall–Kier alpha value is -1.42. The van der Waals surface area contributed by atoms with E-state index in [4.69, 9.17) is 9.47 Å². The second-order valence-corrected chi connectivity index (χ2v) is 5.74. The summed E-state index contributed by atoms with van der Waals surface area (Å²) < 4.78 is 10.8. The predicted molar refractivity (Wildman–Crippen MR) is 74.0 cm³/mol. The summed E-state index contributed by atoms with van der Waals surface area (Å²) in [6.45, 7) is 2.61. The zero-order valence-corrected chi connectivity index (χ0v) is 11.1. The molecular weight excluding hydrogens is 240 g/mol. The Balaban J connectivity index is 1.40. The molecule has 102 valence electrons. The fraction of sp³-hybridized carbons (Fsp3) is 0.600. The van der Waals surface area contributed by atoms with Gasteiger partial charge in [-0.25, -0.2) is 0 Å². The van der Waals surface area contributed by atoms with E-state index in [-0.39, 0.29) is 0 Å². The highest BCUT2D eigenvalue weighted by Crippen LogP contribution is 2.36. The topological polar surface area (TPSA) is 33.7 Å². The van der Waals surface area contributed by atoms with Gasteiger partial charge in [-0.2, -0.15) is 0 Å².